The zero-order valence-electron chi connectivity index (χ0n) is 7.08. The Hall–Kier alpha value is -1.41. The summed E-state index contributed by atoms with van der Waals surface area (Å²) >= 11 is 0. The van der Waals surface area contributed by atoms with Crippen LogP contribution in [0.3, 0.4) is 0 Å². The molecule has 0 aromatic carbocycles. The van der Waals surface area contributed by atoms with E-state index in [4.69, 9.17) is 18.1 Å². The molecule has 0 radical (unpaired) electrons. The van der Waals surface area contributed by atoms with E-state index in [2.05, 4.69) is 17.0 Å². The van der Waals surface area contributed by atoms with Crippen molar-refractivity contribution in [1.29, 1.82) is 0 Å². The maximum absolute atomic E-state index is 8.52. The number of nitrogens with zero attached hydrogens (tertiary/aromatic N) is 1. The molecule has 0 aliphatic heterocycles. The normalized spacial score (nSPS) is 10.3. The SMILES string of the molecule is C#CCCC/C(CCC#C)=N\O. The number of hydrogen-bond donors (Lipinski definition) is 1. The lowest BCUT2D eigenvalue weighted by Gasteiger charge is -1.98. The van der Waals surface area contributed by atoms with Gasteiger partial charge >= 0.3 is 0 Å². The lowest BCUT2D eigenvalue weighted by molar-refractivity contribution is 0.316. The third-order valence-corrected chi connectivity index (χ3v) is 1.49. The Morgan fingerprint density at radius 3 is 2.33 bits per heavy atom. The van der Waals surface area contributed by atoms with Crippen LogP contribution < -0.4 is 0 Å². The molecule has 0 bridgehead atoms. The first-order chi connectivity index (χ1) is 5.85. The van der Waals surface area contributed by atoms with E-state index in [1.165, 1.54) is 0 Å². The second-order valence-electron chi connectivity index (χ2n) is 2.43. The second-order valence-corrected chi connectivity index (χ2v) is 2.43. The van der Waals surface area contributed by atoms with Crippen LogP contribution in [0.5, 0.6) is 0 Å². The third kappa shape index (κ3) is 5.38. The molecule has 0 aliphatic rings. The molecule has 0 aromatic heterocycles. The first kappa shape index (κ1) is 10.6. The van der Waals surface area contributed by atoms with Gasteiger partial charge in [0.1, 0.15) is 0 Å². The second kappa shape index (κ2) is 7.69. The molecule has 0 unspecified atom stereocenters. The number of oxime groups is 1. The van der Waals surface area contributed by atoms with Crippen molar-refractivity contribution in [1.82, 2.24) is 0 Å². The fourth-order valence-corrected chi connectivity index (χ4v) is 0.836. The van der Waals surface area contributed by atoms with Crippen LogP contribution in [0.1, 0.15) is 32.1 Å². The van der Waals surface area contributed by atoms with Crippen molar-refractivity contribution in [2.75, 3.05) is 0 Å². The number of unbranched alkanes of at least 4 members (excludes halogenated alkanes) is 1. The summed E-state index contributed by atoms with van der Waals surface area (Å²) in [6.45, 7) is 0. The average molecular weight is 163 g/mol. The first-order valence-corrected chi connectivity index (χ1v) is 3.92. The molecule has 64 valence electrons. The highest BCUT2D eigenvalue weighted by Crippen LogP contribution is 2.02. The lowest BCUT2D eigenvalue weighted by atomic mass is 10.1. The van der Waals surface area contributed by atoms with Gasteiger partial charge < -0.3 is 5.21 Å². The van der Waals surface area contributed by atoms with Crippen molar-refractivity contribution in [2.24, 2.45) is 5.16 Å². The van der Waals surface area contributed by atoms with E-state index in [9.17, 15) is 0 Å². The van der Waals surface area contributed by atoms with Crippen LogP contribution >= 0.6 is 0 Å². The number of terminal acetylenes is 2. The van der Waals surface area contributed by atoms with Crippen molar-refractivity contribution in [3.8, 4) is 24.7 Å². The van der Waals surface area contributed by atoms with Crippen LogP contribution in [0.25, 0.3) is 0 Å². The van der Waals surface area contributed by atoms with E-state index in [1.807, 2.05) is 0 Å². The molecule has 0 aromatic rings. The Bertz CT molecular complexity index is 217. The van der Waals surface area contributed by atoms with Crippen LogP contribution in [0.2, 0.25) is 0 Å². The zero-order chi connectivity index (χ0) is 9.23. The fraction of sp³-hybridized carbons (Fsp3) is 0.500. The van der Waals surface area contributed by atoms with Gasteiger partial charge in [0.15, 0.2) is 0 Å². The summed E-state index contributed by atoms with van der Waals surface area (Å²) in [7, 11) is 0. The van der Waals surface area contributed by atoms with Crippen LogP contribution in [0.4, 0.5) is 0 Å². The Kier molecular flexibility index (Phi) is 6.79. The summed E-state index contributed by atoms with van der Waals surface area (Å²) in [5, 5.41) is 11.7. The fourth-order valence-electron chi connectivity index (χ4n) is 0.836. The van der Waals surface area contributed by atoms with E-state index in [1.54, 1.807) is 0 Å². The van der Waals surface area contributed by atoms with Crippen molar-refractivity contribution in [2.45, 2.75) is 32.1 Å². The topological polar surface area (TPSA) is 32.6 Å². The maximum atomic E-state index is 8.52. The van der Waals surface area contributed by atoms with Gasteiger partial charge in [0.25, 0.3) is 0 Å². The summed E-state index contributed by atoms with van der Waals surface area (Å²) < 4.78 is 0. The Morgan fingerprint density at radius 1 is 1.17 bits per heavy atom. The molecule has 2 heteroatoms. The van der Waals surface area contributed by atoms with Crippen LogP contribution in [-0.4, -0.2) is 10.9 Å². The largest absolute Gasteiger partial charge is 0.411 e. The molecule has 12 heavy (non-hydrogen) atoms. The number of rotatable bonds is 5. The van der Waals surface area contributed by atoms with Crippen molar-refractivity contribution in [3.05, 3.63) is 0 Å². The predicted molar refractivity (Wildman–Crippen MR) is 50.0 cm³/mol. The predicted octanol–water partition coefficient (Wildman–Crippen LogP) is 2.03. The summed E-state index contributed by atoms with van der Waals surface area (Å²) in [5.41, 5.74) is 0.739. The standard InChI is InChI=1S/C10H13NO/c1-3-5-7-9-10(11-12)8-6-4-2/h1-2,12H,5-9H2/b11-10-. The van der Waals surface area contributed by atoms with Crippen molar-refractivity contribution >= 4 is 5.71 Å². The van der Waals surface area contributed by atoms with Gasteiger partial charge in [-0.1, -0.05) is 5.16 Å². The Labute approximate surface area is 73.7 Å². The molecule has 0 saturated heterocycles. The third-order valence-electron chi connectivity index (χ3n) is 1.49. The summed E-state index contributed by atoms with van der Waals surface area (Å²) in [6.07, 6.45) is 13.7. The van der Waals surface area contributed by atoms with Crippen molar-refractivity contribution < 1.29 is 5.21 Å². The lowest BCUT2D eigenvalue weighted by Crippen LogP contribution is -1.97. The highest BCUT2D eigenvalue weighted by molar-refractivity contribution is 5.84. The minimum Gasteiger partial charge on any atom is -0.411 e. The molecule has 0 atom stereocenters. The van der Waals surface area contributed by atoms with Gasteiger partial charge in [-0.05, 0) is 19.3 Å². The molecular weight excluding hydrogens is 150 g/mol. The van der Waals surface area contributed by atoms with Crippen LogP contribution in [0.15, 0.2) is 5.16 Å². The minimum absolute atomic E-state index is 0.620. The van der Waals surface area contributed by atoms with Crippen LogP contribution in [-0.2, 0) is 0 Å². The molecular formula is C10H13NO. The molecule has 2 nitrogen and oxygen atoms in total. The van der Waals surface area contributed by atoms with Crippen molar-refractivity contribution in [3.63, 3.8) is 0 Å². The molecule has 1 N–H and O–H groups in total. The highest BCUT2D eigenvalue weighted by Gasteiger charge is 1.97. The average Bonchev–Trinajstić information content (AvgIpc) is 2.11. The van der Waals surface area contributed by atoms with E-state index < -0.39 is 0 Å². The quantitative estimate of drug-likeness (QED) is 0.217. The van der Waals surface area contributed by atoms with E-state index >= 15 is 0 Å². The van der Waals surface area contributed by atoms with Gasteiger partial charge in [-0.3, -0.25) is 0 Å². The van der Waals surface area contributed by atoms with Gasteiger partial charge in [-0.25, -0.2) is 0 Å². The molecule has 0 aliphatic carbocycles. The van der Waals surface area contributed by atoms with Gasteiger partial charge in [-0.2, -0.15) is 0 Å². The van der Waals surface area contributed by atoms with E-state index in [0.29, 0.717) is 12.8 Å². The molecule has 0 fully saturated rings. The van der Waals surface area contributed by atoms with Gasteiger partial charge in [-0.15, -0.1) is 24.7 Å². The summed E-state index contributed by atoms with van der Waals surface area (Å²) in [6, 6.07) is 0. The van der Waals surface area contributed by atoms with Gasteiger partial charge in [0.05, 0.1) is 5.71 Å². The highest BCUT2D eigenvalue weighted by atomic mass is 16.4. The number of hydrogen-bond acceptors (Lipinski definition) is 2. The molecule has 0 rings (SSSR count). The Balaban J connectivity index is 3.58. The van der Waals surface area contributed by atoms with E-state index in [0.717, 1.165) is 25.0 Å². The molecule has 0 spiro atoms. The van der Waals surface area contributed by atoms with E-state index in [-0.39, 0.29) is 0 Å². The summed E-state index contributed by atoms with van der Waals surface area (Å²) in [4.78, 5) is 0. The first-order valence-electron chi connectivity index (χ1n) is 3.92. The molecule has 0 heterocycles. The monoisotopic (exact) mass is 163 g/mol. The van der Waals surface area contributed by atoms with Gasteiger partial charge in [0.2, 0.25) is 0 Å². The smallest absolute Gasteiger partial charge is 0.0580 e. The Morgan fingerprint density at radius 2 is 1.83 bits per heavy atom. The maximum Gasteiger partial charge on any atom is 0.0580 e. The van der Waals surface area contributed by atoms with Crippen LogP contribution in [0, 0.1) is 24.7 Å². The molecule has 0 amide bonds. The van der Waals surface area contributed by atoms with Gasteiger partial charge in [0, 0.05) is 12.8 Å². The zero-order valence-corrected chi connectivity index (χ0v) is 7.08. The summed E-state index contributed by atoms with van der Waals surface area (Å²) in [5.74, 6) is 5.02. The molecule has 0 saturated carbocycles. The minimum atomic E-state index is 0.620.